The fourth-order valence-corrected chi connectivity index (χ4v) is 2.84. The number of aromatic hydroxyl groups is 1. The van der Waals surface area contributed by atoms with Crippen LogP contribution in [0.25, 0.3) is 6.08 Å². The molecule has 0 saturated carbocycles. The van der Waals surface area contributed by atoms with Gasteiger partial charge in [-0.15, -0.1) is 0 Å². The van der Waals surface area contributed by atoms with Gasteiger partial charge in [0, 0.05) is 18.6 Å². The second kappa shape index (κ2) is 10.0. The van der Waals surface area contributed by atoms with Crippen LogP contribution >= 0.6 is 0 Å². The summed E-state index contributed by atoms with van der Waals surface area (Å²) in [6.07, 6.45) is 6.29. The van der Waals surface area contributed by atoms with Crippen LogP contribution in [0.2, 0.25) is 0 Å². The number of phenolic OH excluding ortho intramolecular Hbond substituents is 1. The number of phenols is 1. The molecule has 2 rings (SSSR count). The van der Waals surface area contributed by atoms with Gasteiger partial charge >= 0.3 is 0 Å². The molecule has 0 unspecified atom stereocenters. The van der Waals surface area contributed by atoms with Gasteiger partial charge in [0.15, 0.2) is 0 Å². The molecule has 0 spiro atoms. The maximum atomic E-state index is 9.35. The SMILES string of the molecule is CC(C)C[C@@H](/C=C/c1ccccc1)NC[C@@H](N)Cc1ccc(O)cc1. The predicted octanol–water partition coefficient (Wildman–Crippen LogP) is 3.98. The van der Waals surface area contributed by atoms with Crippen LogP contribution in [0, 0.1) is 5.92 Å². The first-order valence-electron chi connectivity index (χ1n) is 9.03. The normalized spacial score (nSPS) is 14.1. The standard InChI is InChI=1S/C22H30N2O/c1-17(2)14-21(11-8-18-6-4-3-5-7-18)24-16-20(23)15-19-9-12-22(25)13-10-19/h3-13,17,20-21,24-25H,14-16,23H2,1-2H3/b11-8+/t20-,21+/m0/s1. The third-order valence-electron chi connectivity index (χ3n) is 4.12. The van der Waals surface area contributed by atoms with Gasteiger partial charge in [0.2, 0.25) is 0 Å². The lowest BCUT2D eigenvalue weighted by Crippen LogP contribution is -2.40. The van der Waals surface area contributed by atoms with Crippen LogP contribution in [0.5, 0.6) is 5.75 Å². The van der Waals surface area contributed by atoms with E-state index >= 15 is 0 Å². The van der Waals surface area contributed by atoms with E-state index in [4.69, 9.17) is 5.73 Å². The van der Waals surface area contributed by atoms with Gasteiger partial charge in [-0.2, -0.15) is 0 Å². The molecule has 25 heavy (non-hydrogen) atoms. The van der Waals surface area contributed by atoms with E-state index in [9.17, 15) is 5.11 Å². The Morgan fingerprint density at radius 1 is 1.04 bits per heavy atom. The van der Waals surface area contributed by atoms with E-state index < -0.39 is 0 Å². The molecule has 0 aliphatic carbocycles. The van der Waals surface area contributed by atoms with Crippen LogP contribution in [0.4, 0.5) is 0 Å². The molecule has 3 heteroatoms. The Kier molecular flexibility index (Phi) is 7.71. The summed E-state index contributed by atoms with van der Waals surface area (Å²) in [5, 5.41) is 12.9. The quantitative estimate of drug-likeness (QED) is 0.648. The maximum absolute atomic E-state index is 9.35. The van der Waals surface area contributed by atoms with Gasteiger partial charge in [-0.1, -0.05) is 68.5 Å². The molecule has 0 aliphatic rings. The Morgan fingerprint density at radius 3 is 2.36 bits per heavy atom. The summed E-state index contributed by atoms with van der Waals surface area (Å²) in [5.74, 6) is 0.907. The Labute approximate surface area is 151 Å². The molecule has 0 heterocycles. The summed E-state index contributed by atoms with van der Waals surface area (Å²) in [7, 11) is 0. The van der Waals surface area contributed by atoms with Crippen molar-refractivity contribution in [3.63, 3.8) is 0 Å². The number of nitrogens with two attached hydrogens (primary N) is 1. The smallest absolute Gasteiger partial charge is 0.115 e. The van der Waals surface area contributed by atoms with Crippen molar-refractivity contribution in [2.45, 2.75) is 38.8 Å². The summed E-state index contributed by atoms with van der Waals surface area (Å²) in [6, 6.07) is 18.0. The Morgan fingerprint density at radius 2 is 1.72 bits per heavy atom. The topological polar surface area (TPSA) is 58.3 Å². The van der Waals surface area contributed by atoms with Crippen LogP contribution in [0.1, 0.15) is 31.4 Å². The lowest BCUT2D eigenvalue weighted by molar-refractivity contribution is 0.453. The van der Waals surface area contributed by atoms with E-state index in [0.717, 1.165) is 24.9 Å². The van der Waals surface area contributed by atoms with E-state index in [1.54, 1.807) is 12.1 Å². The van der Waals surface area contributed by atoms with Gasteiger partial charge in [0.25, 0.3) is 0 Å². The monoisotopic (exact) mass is 338 g/mol. The largest absolute Gasteiger partial charge is 0.508 e. The van der Waals surface area contributed by atoms with Crippen molar-refractivity contribution in [1.29, 1.82) is 0 Å². The molecule has 0 radical (unpaired) electrons. The van der Waals surface area contributed by atoms with E-state index in [1.165, 1.54) is 5.56 Å². The van der Waals surface area contributed by atoms with Crippen molar-refractivity contribution >= 4 is 6.08 Å². The Hall–Kier alpha value is -2.10. The number of nitrogens with one attached hydrogen (secondary N) is 1. The molecule has 0 bridgehead atoms. The predicted molar refractivity (Wildman–Crippen MR) is 107 cm³/mol. The van der Waals surface area contributed by atoms with Crippen molar-refractivity contribution in [3.8, 4) is 5.75 Å². The van der Waals surface area contributed by atoms with Gasteiger partial charge in [0.05, 0.1) is 0 Å². The van der Waals surface area contributed by atoms with Gasteiger partial charge in [-0.3, -0.25) is 0 Å². The van der Waals surface area contributed by atoms with Crippen molar-refractivity contribution in [3.05, 3.63) is 71.8 Å². The summed E-state index contributed by atoms with van der Waals surface area (Å²) >= 11 is 0. The summed E-state index contributed by atoms with van der Waals surface area (Å²) in [6.45, 7) is 5.24. The highest BCUT2D eigenvalue weighted by Crippen LogP contribution is 2.12. The van der Waals surface area contributed by atoms with E-state index in [0.29, 0.717) is 17.7 Å². The van der Waals surface area contributed by atoms with Crippen LogP contribution in [-0.2, 0) is 6.42 Å². The number of benzene rings is 2. The lowest BCUT2D eigenvalue weighted by atomic mass is 10.0. The molecule has 0 saturated heterocycles. The van der Waals surface area contributed by atoms with Crippen molar-refractivity contribution in [2.24, 2.45) is 11.7 Å². The Bertz CT molecular complexity index is 635. The summed E-state index contributed by atoms with van der Waals surface area (Å²) in [5.41, 5.74) is 8.64. The number of rotatable bonds is 9. The van der Waals surface area contributed by atoms with Crippen LogP contribution < -0.4 is 11.1 Å². The minimum Gasteiger partial charge on any atom is -0.508 e. The molecule has 4 N–H and O–H groups in total. The first-order valence-corrected chi connectivity index (χ1v) is 9.03. The number of hydrogen-bond acceptors (Lipinski definition) is 3. The van der Waals surface area contributed by atoms with Crippen molar-refractivity contribution in [1.82, 2.24) is 5.32 Å². The number of hydrogen-bond donors (Lipinski definition) is 3. The molecule has 2 aromatic rings. The van der Waals surface area contributed by atoms with E-state index in [-0.39, 0.29) is 6.04 Å². The highest BCUT2D eigenvalue weighted by Gasteiger charge is 2.10. The summed E-state index contributed by atoms with van der Waals surface area (Å²) in [4.78, 5) is 0. The molecule has 0 aromatic heterocycles. The molecule has 0 fully saturated rings. The van der Waals surface area contributed by atoms with Gasteiger partial charge in [0.1, 0.15) is 5.75 Å². The average Bonchev–Trinajstić information content (AvgIpc) is 2.60. The molecule has 2 atom stereocenters. The van der Waals surface area contributed by atoms with Crippen LogP contribution in [0.15, 0.2) is 60.7 Å². The fourth-order valence-electron chi connectivity index (χ4n) is 2.84. The third kappa shape index (κ3) is 7.55. The molecule has 134 valence electrons. The molecular formula is C22H30N2O. The van der Waals surface area contributed by atoms with Gasteiger partial charge in [-0.25, -0.2) is 0 Å². The maximum Gasteiger partial charge on any atom is 0.115 e. The molecule has 0 aliphatic heterocycles. The minimum absolute atomic E-state index is 0.0457. The summed E-state index contributed by atoms with van der Waals surface area (Å²) < 4.78 is 0. The van der Waals surface area contributed by atoms with E-state index in [2.05, 4.69) is 55.6 Å². The second-order valence-electron chi connectivity index (χ2n) is 7.04. The lowest BCUT2D eigenvalue weighted by Gasteiger charge is -2.20. The minimum atomic E-state index is 0.0457. The van der Waals surface area contributed by atoms with Crippen molar-refractivity contribution in [2.75, 3.05) is 6.54 Å². The highest BCUT2D eigenvalue weighted by molar-refractivity contribution is 5.49. The zero-order valence-corrected chi connectivity index (χ0v) is 15.2. The third-order valence-corrected chi connectivity index (χ3v) is 4.12. The zero-order valence-electron chi connectivity index (χ0n) is 15.2. The average molecular weight is 338 g/mol. The molecular weight excluding hydrogens is 308 g/mol. The van der Waals surface area contributed by atoms with Crippen LogP contribution in [-0.4, -0.2) is 23.7 Å². The van der Waals surface area contributed by atoms with Gasteiger partial charge in [-0.05, 0) is 42.0 Å². The molecule has 0 amide bonds. The zero-order chi connectivity index (χ0) is 18.1. The Balaban J connectivity index is 1.88. The van der Waals surface area contributed by atoms with Crippen LogP contribution in [0.3, 0.4) is 0 Å². The fraction of sp³-hybridized carbons (Fsp3) is 0.364. The second-order valence-corrected chi connectivity index (χ2v) is 7.04. The first kappa shape index (κ1) is 19.2. The highest BCUT2D eigenvalue weighted by atomic mass is 16.3. The van der Waals surface area contributed by atoms with Crippen molar-refractivity contribution < 1.29 is 5.11 Å². The van der Waals surface area contributed by atoms with Gasteiger partial charge < -0.3 is 16.2 Å². The molecule has 3 nitrogen and oxygen atoms in total. The first-order chi connectivity index (χ1) is 12.0. The molecule has 2 aromatic carbocycles. The van der Waals surface area contributed by atoms with E-state index in [1.807, 2.05) is 18.2 Å².